The first-order valence-corrected chi connectivity index (χ1v) is 11.4. The maximum absolute atomic E-state index is 11.7. The lowest BCUT2D eigenvalue weighted by molar-refractivity contribution is 0.0529. The van der Waals surface area contributed by atoms with Crippen LogP contribution >= 0.6 is 11.8 Å². The van der Waals surface area contributed by atoms with E-state index in [0.717, 1.165) is 25.6 Å². The third kappa shape index (κ3) is 9.30. The molecule has 1 aromatic rings. The van der Waals surface area contributed by atoms with E-state index in [9.17, 15) is 4.79 Å². The fourth-order valence-electron chi connectivity index (χ4n) is 2.81. The van der Waals surface area contributed by atoms with Crippen LogP contribution in [0.3, 0.4) is 0 Å². The molecule has 29 heavy (non-hydrogen) atoms. The van der Waals surface area contributed by atoms with Crippen LogP contribution in [0, 0.1) is 0 Å². The van der Waals surface area contributed by atoms with Crippen molar-refractivity contribution in [3.05, 3.63) is 29.8 Å². The number of amides is 1. The summed E-state index contributed by atoms with van der Waals surface area (Å²) in [6.45, 7) is 12.2. The molecule has 1 aromatic carbocycles. The minimum Gasteiger partial charge on any atom is -0.444 e. The number of alkyl carbamates (subject to hydrolysis) is 1. The Balaban J connectivity index is 1.78. The zero-order chi connectivity index (χ0) is 21.1. The summed E-state index contributed by atoms with van der Waals surface area (Å²) in [4.78, 5) is 18.7. The molecule has 0 unspecified atom stereocenters. The molecule has 0 atom stereocenters. The molecule has 1 heterocycles. The molecule has 162 valence electrons. The van der Waals surface area contributed by atoms with E-state index in [1.54, 1.807) is 0 Å². The summed E-state index contributed by atoms with van der Waals surface area (Å²) >= 11 is 2.02. The molecular formula is C21H35N5O2S. The Morgan fingerprint density at radius 3 is 2.38 bits per heavy atom. The SMILES string of the molecule is CCNC(=NCc1ccc(N2CCSCC2)cc1)NCCNC(=O)OC(C)(C)C. The molecule has 0 saturated carbocycles. The van der Waals surface area contributed by atoms with Crippen LogP contribution in [0.1, 0.15) is 33.3 Å². The average molecular weight is 422 g/mol. The Bertz CT molecular complexity index is 652. The Labute approximate surface area is 179 Å². The molecule has 0 radical (unpaired) electrons. The van der Waals surface area contributed by atoms with Crippen LogP contribution in [0.25, 0.3) is 0 Å². The van der Waals surface area contributed by atoms with Gasteiger partial charge in [0, 0.05) is 49.9 Å². The molecule has 8 heteroatoms. The molecule has 1 saturated heterocycles. The molecule has 0 aromatic heterocycles. The molecule has 1 fully saturated rings. The van der Waals surface area contributed by atoms with E-state index in [2.05, 4.69) is 50.1 Å². The van der Waals surface area contributed by atoms with Crippen molar-refractivity contribution >= 4 is 29.5 Å². The first kappa shape index (κ1) is 23.2. The number of nitrogens with zero attached hydrogens (tertiary/aromatic N) is 2. The van der Waals surface area contributed by atoms with Gasteiger partial charge in [-0.05, 0) is 45.4 Å². The van der Waals surface area contributed by atoms with Crippen LogP contribution in [-0.2, 0) is 11.3 Å². The number of ether oxygens (including phenoxy) is 1. The second kappa shape index (κ2) is 11.8. The van der Waals surface area contributed by atoms with Crippen LogP contribution in [0.2, 0.25) is 0 Å². The summed E-state index contributed by atoms with van der Waals surface area (Å²) in [6.07, 6.45) is -0.409. The van der Waals surface area contributed by atoms with Crippen molar-refractivity contribution in [2.45, 2.75) is 39.8 Å². The fraction of sp³-hybridized carbons (Fsp3) is 0.619. The van der Waals surface area contributed by atoms with E-state index < -0.39 is 11.7 Å². The van der Waals surface area contributed by atoms with Gasteiger partial charge in [-0.25, -0.2) is 9.79 Å². The molecule has 1 aliphatic rings. The smallest absolute Gasteiger partial charge is 0.407 e. The monoisotopic (exact) mass is 421 g/mol. The predicted octanol–water partition coefficient (Wildman–Crippen LogP) is 2.82. The zero-order valence-corrected chi connectivity index (χ0v) is 18.9. The van der Waals surface area contributed by atoms with Crippen LogP contribution < -0.4 is 20.9 Å². The Hall–Kier alpha value is -2.09. The number of carbonyl (C=O) groups is 1. The highest BCUT2D eigenvalue weighted by Crippen LogP contribution is 2.20. The van der Waals surface area contributed by atoms with Gasteiger partial charge in [0.2, 0.25) is 0 Å². The summed E-state index contributed by atoms with van der Waals surface area (Å²) < 4.78 is 5.22. The highest BCUT2D eigenvalue weighted by atomic mass is 32.2. The van der Waals surface area contributed by atoms with E-state index in [4.69, 9.17) is 4.74 Å². The zero-order valence-electron chi connectivity index (χ0n) is 18.1. The number of thioether (sulfide) groups is 1. The predicted molar refractivity (Wildman–Crippen MR) is 123 cm³/mol. The maximum Gasteiger partial charge on any atom is 0.407 e. The molecule has 0 bridgehead atoms. The minimum absolute atomic E-state index is 0.409. The summed E-state index contributed by atoms with van der Waals surface area (Å²) in [6, 6.07) is 8.67. The molecule has 1 aliphatic heterocycles. The highest BCUT2D eigenvalue weighted by Gasteiger charge is 2.15. The number of anilines is 1. The average Bonchev–Trinajstić information content (AvgIpc) is 2.69. The standard InChI is InChI=1S/C21H35N5O2S/c1-5-22-19(23-10-11-24-20(27)28-21(2,3)4)25-16-17-6-8-18(9-7-17)26-12-14-29-15-13-26/h6-9H,5,10-16H2,1-4H3,(H,24,27)(H2,22,23,25). The van der Waals surface area contributed by atoms with Crippen molar-refractivity contribution < 1.29 is 9.53 Å². The lowest BCUT2D eigenvalue weighted by Crippen LogP contribution is -2.42. The van der Waals surface area contributed by atoms with Crippen LogP contribution in [-0.4, -0.2) is 61.9 Å². The van der Waals surface area contributed by atoms with E-state index in [1.807, 2.05) is 39.5 Å². The summed E-state index contributed by atoms with van der Waals surface area (Å²) in [5, 5.41) is 9.19. The molecule has 3 N–H and O–H groups in total. The van der Waals surface area contributed by atoms with Gasteiger partial charge in [0.1, 0.15) is 5.60 Å². The fourth-order valence-corrected chi connectivity index (χ4v) is 3.71. The van der Waals surface area contributed by atoms with Gasteiger partial charge < -0.3 is 25.6 Å². The van der Waals surface area contributed by atoms with Crippen LogP contribution in [0.4, 0.5) is 10.5 Å². The van der Waals surface area contributed by atoms with Gasteiger partial charge in [-0.2, -0.15) is 11.8 Å². The van der Waals surface area contributed by atoms with Gasteiger partial charge >= 0.3 is 6.09 Å². The van der Waals surface area contributed by atoms with Gasteiger partial charge in [-0.15, -0.1) is 0 Å². The van der Waals surface area contributed by atoms with Gasteiger partial charge in [-0.1, -0.05) is 12.1 Å². The maximum atomic E-state index is 11.7. The number of nitrogens with one attached hydrogen (secondary N) is 3. The highest BCUT2D eigenvalue weighted by molar-refractivity contribution is 7.99. The molecule has 0 aliphatic carbocycles. The van der Waals surface area contributed by atoms with E-state index in [0.29, 0.717) is 19.6 Å². The largest absolute Gasteiger partial charge is 0.444 e. The van der Waals surface area contributed by atoms with Crippen molar-refractivity contribution in [2.24, 2.45) is 4.99 Å². The minimum atomic E-state index is -0.490. The second-order valence-corrected chi connectivity index (χ2v) is 9.04. The first-order valence-electron chi connectivity index (χ1n) is 10.3. The van der Waals surface area contributed by atoms with Crippen molar-refractivity contribution in [1.82, 2.24) is 16.0 Å². The lowest BCUT2D eigenvalue weighted by Gasteiger charge is -2.28. The van der Waals surface area contributed by atoms with Gasteiger partial charge in [-0.3, -0.25) is 0 Å². The lowest BCUT2D eigenvalue weighted by atomic mass is 10.2. The number of rotatable bonds is 7. The third-order valence-corrected chi connectivity index (χ3v) is 5.10. The molecular weight excluding hydrogens is 386 g/mol. The number of aliphatic imine (C=N–C) groups is 1. The van der Waals surface area contributed by atoms with E-state index >= 15 is 0 Å². The normalized spacial score (nSPS) is 15.0. The molecule has 7 nitrogen and oxygen atoms in total. The molecule has 1 amide bonds. The number of hydrogen-bond acceptors (Lipinski definition) is 5. The van der Waals surface area contributed by atoms with Gasteiger partial charge in [0.15, 0.2) is 5.96 Å². The first-order chi connectivity index (χ1) is 13.9. The van der Waals surface area contributed by atoms with Crippen molar-refractivity contribution in [3.63, 3.8) is 0 Å². The summed E-state index contributed by atoms with van der Waals surface area (Å²) in [7, 11) is 0. The Kier molecular flexibility index (Phi) is 9.44. The number of guanidine groups is 1. The van der Waals surface area contributed by atoms with Crippen molar-refractivity contribution in [2.75, 3.05) is 49.1 Å². The van der Waals surface area contributed by atoms with Crippen LogP contribution in [0.15, 0.2) is 29.3 Å². The van der Waals surface area contributed by atoms with Crippen LogP contribution in [0.5, 0.6) is 0 Å². The number of carbonyl (C=O) groups excluding carboxylic acids is 1. The third-order valence-electron chi connectivity index (χ3n) is 4.16. The number of benzene rings is 1. The molecule has 2 rings (SSSR count). The van der Waals surface area contributed by atoms with Crippen molar-refractivity contribution in [3.8, 4) is 0 Å². The van der Waals surface area contributed by atoms with E-state index in [-0.39, 0.29) is 0 Å². The Morgan fingerprint density at radius 2 is 1.76 bits per heavy atom. The summed E-state index contributed by atoms with van der Waals surface area (Å²) in [5.74, 6) is 3.13. The quantitative estimate of drug-likeness (QED) is 0.357. The van der Waals surface area contributed by atoms with Crippen molar-refractivity contribution in [1.29, 1.82) is 0 Å². The van der Waals surface area contributed by atoms with E-state index in [1.165, 1.54) is 22.8 Å². The van der Waals surface area contributed by atoms with Gasteiger partial charge in [0.05, 0.1) is 6.54 Å². The number of hydrogen-bond donors (Lipinski definition) is 3. The molecule has 0 spiro atoms. The summed E-state index contributed by atoms with van der Waals surface area (Å²) in [5.41, 5.74) is 1.97. The topological polar surface area (TPSA) is 78.0 Å². The second-order valence-electron chi connectivity index (χ2n) is 7.82. The Morgan fingerprint density at radius 1 is 1.10 bits per heavy atom. The van der Waals surface area contributed by atoms with Gasteiger partial charge in [0.25, 0.3) is 0 Å².